The fourth-order valence-electron chi connectivity index (χ4n) is 1.40. The van der Waals surface area contributed by atoms with E-state index < -0.39 is 9.05 Å². The summed E-state index contributed by atoms with van der Waals surface area (Å²) in [5, 5.41) is 7.16. The van der Waals surface area contributed by atoms with Gasteiger partial charge >= 0.3 is 0 Å². The van der Waals surface area contributed by atoms with Gasteiger partial charge in [-0.3, -0.25) is 4.57 Å². The van der Waals surface area contributed by atoms with Gasteiger partial charge in [-0.05, 0) is 12.8 Å². The first-order valence-electron chi connectivity index (χ1n) is 4.41. The molecule has 8 heteroatoms. The van der Waals surface area contributed by atoms with E-state index in [-0.39, 0.29) is 17.8 Å². The molecule has 0 radical (unpaired) electrons. The average molecular weight is 252 g/mol. The smallest absolute Gasteiger partial charge is 0.296 e. The van der Waals surface area contributed by atoms with Gasteiger partial charge in [-0.15, -0.1) is 10.2 Å². The molecule has 0 aliphatic heterocycles. The highest BCUT2D eigenvalue weighted by atomic mass is 35.7. The maximum Gasteiger partial charge on any atom is 0.296 e. The van der Waals surface area contributed by atoms with Crippen LogP contribution >= 0.6 is 10.7 Å². The normalized spacial score (nSPS) is 16.9. The van der Waals surface area contributed by atoms with Gasteiger partial charge in [-0.2, -0.15) is 0 Å². The molecule has 0 amide bonds. The van der Waals surface area contributed by atoms with E-state index in [9.17, 15) is 8.42 Å². The summed E-state index contributed by atoms with van der Waals surface area (Å²) in [7, 11) is 2.94. The third kappa shape index (κ3) is 2.14. The molecule has 0 unspecified atom stereocenters. The van der Waals surface area contributed by atoms with Crippen molar-refractivity contribution in [1.29, 1.82) is 0 Å². The van der Waals surface area contributed by atoms with Crippen molar-refractivity contribution in [2.75, 3.05) is 7.11 Å². The summed E-state index contributed by atoms with van der Waals surface area (Å²) >= 11 is 0. The van der Waals surface area contributed by atoms with Crippen LogP contribution in [-0.2, 0) is 20.4 Å². The quantitative estimate of drug-likeness (QED) is 0.736. The summed E-state index contributed by atoms with van der Waals surface area (Å²) in [6.07, 6.45) is 1.85. The lowest BCUT2D eigenvalue weighted by molar-refractivity contribution is 0.173. The molecule has 15 heavy (non-hydrogen) atoms. The number of aromatic nitrogens is 3. The lowest BCUT2D eigenvalue weighted by atomic mass is 10.6. The minimum atomic E-state index is -3.83. The Balaban J connectivity index is 2.47. The van der Waals surface area contributed by atoms with Gasteiger partial charge in [0.05, 0.1) is 0 Å². The molecule has 0 atom stereocenters. The zero-order chi connectivity index (χ0) is 11.1. The van der Waals surface area contributed by atoms with Crippen LogP contribution < -0.4 is 0 Å². The number of rotatable bonds is 4. The lowest BCUT2D eigenvalue weighted by Gasteiger charge is -2.05. The van der Waals surface area contributed by atoms with Gasteiger partial charge in [0.15, 0.2) is 5.82 Å². The Morgan fingerprint density at radius 3 is 2.67 bits per heavy atom. The summed E-state index contributed by atoms with van der Waals surface area (Å²) in [4.78, 5) is 0. The van der Waals surface area contributed by atoms with Crippen molar-refractivity contribution >= 4 is 19.7 Å². The Morgan fingerprint density at radius 1 is 1.53 bits per heavy atom. The molecular formula is C7H10ClN3O3S. The van der Waals surface area contributed by atoms with E-state index in [4.69, 9.17) is 15.4 Å². The van der Waals surface area contributed by atoms with Crippen LogP contribution in [0.15, 0.2) is 5.16 Å². The van der Waals surface area contributed by atoms with Gasteiger partial charge in [0.1, 0.15) is 6.61 Å². The predicted molar refractivity (Wildman–Crippen MR) is 52.0 cm³/mol. The number of hydrogen-bond acceptors (Lipinski definition) is 5. The summed E-state index contributed by atoms with van der Waals surface area (Å²) < 4.78 is 28.9. The Hall–Kier alpha value is -0.660. The molecule has 1 aromatic heterocycles. The lowest BCUT2D eigenvalue weighted by Crippen LogP contribution is -2.08. The van der Waals surface area contributed by atoms with Gasteiger partial charge < -0.3 is 4.74 Å². The molecule has 1 heterocycles. The van der Waals surface area contributed by atoms with E-state index in [1.807, 2.05) is 0 Å². The van der Waals surface area contributed by atoms with Crippen molar-refractivity contribution in [3.8, 4) is 0 Å². The molecule has 6 nitrogen and oxygen atoms in total. The first-order chi connectivity index (χ1) is 7.04. The van der Waals surface area contributed by atoms with Crippen LogP contribution in [0.4, 0.5) is 0 Å². The van der Waals surface area contributed by atoms with Crippen LogP contribution in [0.5, 0.6) is 0 Å². The fraction of sp³-hybridized carbons (Fsp3) is 0.714. The zero-order valence-electron chi connectivity index (χ0n) is 8.05. The Morgan fingerprint density at radius 2 is 2.20 bits per heavy atom. The summed E-state index contributed by atoms with van der Waals surface area (Å²) in [6.45, 7) is 0.232. The Labute approximate surface area is 91.6 Å². The third-order valence-corrected chi connectivity index (χ3v) is 3.27. The molecule has 2 rings (SSSR count). The van der Waals surface area contributed by atoms with Gasteiger partial charge in [-0.1, -0.05) is 0 Å². The van der Waals surface area contributed by atoms with Crippen LogP contribution in [0.1, 0.15) is 24.7 Å². The number of methoxy groups -OCH3 is 1. The maximum atomic E-state index is 11.2. The first-order valence-corrected chi connectivity index (χ1v) is 6.72. The second-order valence-corrected chi connectivity index (χ2v) is 5.83. The van der Waals surface area contributed by atoms with Gasteiger partial charge in [-0.25, -0.2) is 8.42 Å². The van der Waals surface area contributed by atoms with E-state index in [1.165, 1.54) is 7.11 Å². The molecule has 0 bridgehead atoms. The van der Waals surface area contributed by atoms with Crippen LogP contribution in [0.25, 0.3) is 0 Å². The SMILES string of the molecule is COCc1nnc(S(=O)(=O)Cl)n1C1CC1. The predicted octanol–water partition coefficient (Wildman–Crippen LogP) is 0.687. The van der Waals surface area contributed by atoms with Crippen LogP contribution in [-0.4, -0.2) is 30.3 Å². The molecule has 0 saturated heterocycles. The van der Waals surface area contributed by atoms with Crippen molar-refractivity contribution in [3.63, 3.8) is 0 Å². The largest absolute Gasteiger partial charge is 0.377 e. The van der Waals surface area contributed by atoms with E-state index in [1.54, 1.807) is 4.57 Å². The minimum Gasteiger partial charge on any atom is -0.377 e. The van der Waals surface area contributed by atoms with Crippen molar-refractivity contribution in [3.05, 3.63) is 5.82 Å². The molecular weight excluding hydrogens is 242 g/mol. The van der Waals surface area contributed by atoms with Gasteiger partial charge in [0.25, 0.3) is 14.2 Å². The highest BCUT2D eigenvalue weighted by Crippen LogP contribution is 2.38. The van der Waals surface area contributed by atoms with Crippen molar-refractivity contribution in [1.82, 2.24) is 14.8 Å². The first kappa shape index (κ1) is 10.8. The maximum absolute atomic E-state index is 11.2. The second-order valence-electron chi connectivity index (χ2n) is 3.37. The van der Waals surface area contributed by atoms with Crippen molar-refractivity contribution in [2.24, 2.45) is 0 Å². The summed E-state index contributed by atoms with van der Waals surface area (Å²) in [6, 6.07) is 0.147. The summed E-state index contributed by atoms with van der Waals surface area (Å²) in [5.41, 5.74) is 0. The fourth-order valence-corrected chi connectivity index (χ4v) is 2.34. The number of hydrogen-bond donors (Lipinski definition) is 0. The van der Waals surface area contributed by atoms with E-state index in [0.717, 1.165) is 12.8 Å². The van der Waals surface area contributed by atoms with E-state index in [0.29, 0.717) is 5.82 Å². The highest BCUT2D eigenvalue weighted by Gasteiger charge is 2.33. The highest BCUT2D eigenvalue weighted by molar-refractivity contribution is 8.13. The molecule has 0 N–H and O–H groups in total. The van der Waals surface area contributed by atoms with Crippen molar-refractivity contribution in [2.45, 2.75) is 30.6 Å². The van der Waals surface area contributed by atoms with Gasteiger partial charge in [0.2, 0.25) is 0 Å². The number of nitrogens with zero attached hydrogens (tertiary/aromatic N) is 3. The minimum absolute atomic E-state index is 0.147. The summed E-state index contributed by atoms with van der Waals surface area (Å²) in [5.74, 6) is 0.499. The van der Waals surface area contributed by atoms with Crippen LogP contribution in [0.3, 0.4) is 0 Å². The number of halogens is 1. The van der Waals surface area contributed by atoms with Crippen molar-refractivity contribution < 1.29 is 13.2 Å². The average Bonchev–Trinajstić information content (AvgIpc) is 2.87. The molecule has 84 valence electrons. The van der Waals surface area contributed by atoms with Gasteiger partial charge in [0, 0.05) is 23.8 Å². The molecule has 1 aromatic rings. The van der Waals surface area contributed by atoms with E-state index in [2.05, 4.69) is 10.2 Å². The monoisotopic (exact) mass is 251 g/mol. The Kier molecular flexibility index (Phi) is 2.70. The molecule has 0 spiro atoms. The molecule has 1 aliphatic rings. The topological polar surface area (TPSA) is 74.1 Å². The molecule has 1 saturated carbocycles. The zero-order valence-corrected chi connectivity index (χ0v) is 9.62. The van der Waals surface area contributed by atoms with Crippen LogP contribution in [0.2, 0.25) is 0 Å². The standard InChI is InChI=1S/C7H10ClN3O3S/c1-14-4-6-9-10-7(15(8,12)13)11(6)5-2-3-5/h5H,2-4H2,1H3. The third-order valence-electron chi connectivity index (χ3n) is 2.14. The van der Waals surface area contributed by atoms with Crippen LogP contribution in [0, 0.1) is 0 Å². The van der Waals surface area contributed by atoms with E-state index >= 15 is 0 Å². The molecule has 1 aliphatic carbocycles. The second kappa shape index (κ2) is 3.73. The Bertz CT molecular complexity index is 466. The molecule has 1 fully saturated rings. The molecule has 0 aromatic carbocycles. The number of ether oxygens (including phenoxy) is 1.